The standard InChI is InChI=1S/C18H19Cl2N5/c19-16-4-3-14(9-17(16)20)13-25(8-7-24-5-1-2-6-24)18-12-22-15(10-21)11-23-18/h3-4,9,11-12H,1-2,5-8,13H2. The number of hydrogen-bond donors (Lipinski definition) is 0. The highest BCUT2D eigenvalue weighted by atomic mass is 35.5. The van der Waals surface area contributed by atoms with Gasteiger partial charge >= 0.3 is 0 Å². The largest absolute Gasteiger partial charge is 0.350 e. The Balaban J connectivity index is 1.76. The van der Waals surface area contributed by atoms with Crippen molar-refractivity contribution in [3.8, 4) is 6.07 Å². The minimum absolute atomic E-state index is 0.317. The number of anilines is 1. The van der Waals surface area contributed by atoms with Crippen molar-refractivity contribution >= 4 is 29.0 Å². The zero-order valence-corrected chi connectivity index (χ0v) is 15.3. The van der Waals surface area contributed by atoms with Crippen LogP contribution in [0.2, 0.25) is 10.0 Å². The summed E-state index contributed by atoms with van der Waals surface area (Å²) in [6.45, 7) is 4.77. The molecular formula is C18H19Cl2N5. The molecule has 0 spiro atoms. The van der Waals surface area contributed by atoms with Crippen molar-refractivity contribution in [2.75, 3.05) is 31.1 Å². The lowest BCUT2D eigenvalue weighted by atomic mass is 10.2. The van der Waals surface area contributed by atoms with E-state index in [1.807, 2.05) is 24.3 Å². The first-order valence-electron chi connectivity index (χ1n) is 8.29. The van der Waals surface area contributed by atoms with Gasteiger partial charge in [-0.1, -0.05) is 29.3 Å². The fourth-order valence-corrected chi connectivity index (χ4v) is 3.26. The number of hydrogen-bond acceptors (Lipinski definition) is 5. The molecule has 7 heteroatoms. The Morgan fingerprint density at radius 1 is 1.12 bits per heavy atom. The summed E-state index contributed by atoms with van der Waals surface area (Å²) >= 11 is 12.2. The maximum atomic E-state index is 8.91. The first-order chi connectivity index (χ1) is 12.2. The molecule has 0 bridgehead atoms. The van der Waals surface area contributed by atoms with E-state index in [0.29, 0.717) is 22.3 Å². The van der Waals surface area contributed by atoms with Gasteiger partial charge in [0.25, 0.3) is 0 Å². The molecule has 0 atom stereocenters. The summed E-state index contributed by atoms with van der Waals surface area (Å²) < 4.78 is 0. The molecule has 1 aliphatic rings. The van der Waals surface area contributed by atoms with Gasteiger partial charge in [0.05, 0.1) is 22.4 Å². The fraction of sp³-hybridized carbons (Fsp3) is 0.389. The second kappa shape index (κ2) is 8.48. The van der Waals surface area contributed by atoms with Crippen LogP contribution in [0.4, 0.5) is 5.82 Å². The molecule has 0 unspecified atom stereocenters. The number of likely N-dealkylation sites (tertiary alicyclic amines) is 1. The quantitative estimate of drug-likeness (QED) is 0.769. The molecule has 2 aromatic rings. The smallest absolute Gasteiger partial charge is 0.158 e. The number of benzene rings is 1. The second-order valence-corrected chi connectivity index (χ2v) is 6.90. The predicted octanol–water partition coefficient (Wildman–Crippen LogP) is 3.76. The van der Waals surface area contributed by atoms with Gasteiger partial charge in [-0.2, -0.15) is 5.26 Å². The average molecular weight is 376 g/mol. The summed E-state index contributed by atoms with van der Waals surface area (Å²) in [4.78, 5) is 13.2. The molecule has 0 saturated carbocycles. The molecule has 1 aromatic carbocycles. The van der Waals surface area contributed by atoms with E-state index in [0.717, 1.165) is 37.6 Å². The number of halogens is 2. The van der Waals surface area contributed by atoms with E-state index >= 15 is 0 Å². The molecule has 1 aromatic heterocycles. The molecule has 3 rings (SSSR count). The Bertz CT molecular complexity index is 751. The van der Waals surface area contributed by atoms with Gasteiger partial charge in [0.15, 0.2) is 5.69 Å². The molecule has 25 heavy (non-hydrogen) atoms. The van der Waals surface area contributed by atoms with Gasteiger partial charge in [-0.05, 0) is 43.6 Å². The minimum atomic E-state index is 0.317. The van der Waals surface area contributed by atoms with Crippen molar-refractivity contribution < 1.29 is 0 Å². The zero-order chi connectivity index (χ0) is 17.6. The van der Waals surface area contributed by atoms with E-state index in [4.69, 9.17) is 28.5 Å². The molecule has 1 fully saturated rings. The Kier molecular flexibility index (Phi) is 6.09. The van der Waals surface area contributed by atoms with Crippen LogP contribution in [0.3, 0.4) is 0 Å². The summed E-state index contributed by atoms with van der Waals surface area (Å²) in [5.41, 5.74) is 1.37. The molecule has 130 valence electrons. The first-order valence-corrected chi connectivity index (χ1v) is 9.04. The molecule has 5 nitrogen and oxygen atoms in total. The minimum Gasteiger partial charge on any atom is -0.350 e. The van der Waals surface area contributed by atoms with Crippen molar-refractivity contribution in [2.24, 2.45) is 0 Å². The van der Waals surface area contributed by atoms with Gasteiger partial charge in [0.2, 0.25) is 0 Å². The lowest BCUT2D eigenvalue weighted by Gasteiger charge is -2.26. The van der Waals surface area contributed by atoms with Gasteiger partial charge in [-0.15, -0.1) is 0 Å². The molecule has 1 saturated heterocycles. The molecule has 2 heterocycles. The highest BCUT2D eigenvalue weighted by Gasteiger charge is 2.15. The summed E-state index contributed by atoms with van der Waals surface area (Å²) in [6.07, 6.45) is 5.69. The fourth-order valence-electron chi connectivity index (χ4n) is 2.94. The lowest BCUT2D eigenvalue weighted by molar-refractivity contribution is 0.344. The average Bonchev–Trinajstić information content (AvgIpc) is 3.15. The van der Waals surface area contributed by atoms with Crippen molar-refractivity contribution in [3.63, 3.8) is 0 Å². The molecule has 0 radical (unpaired) electrons. The van der Waals surface area contributed by atoms with Gasteiger partial charge in [0, 0.05) is 19.6 Å². The van der Waals surface area contributed by atoms with Crippen molar-refractivity contribution in [2.45, 2.75) is 19.4 Å². The summed E-state index contributed by atoms with van der Waals surface area (Å²) in [6, 6.07) is 7.65. The first kappa shape index (κ1) is 17.9. The number of rotatable bonds is 6. The van der Waals surface area contributed by atoms with Crippen LogP contribution >= 0.6 is 23.2 Å². The Morgan fingerprint density at radius 2 is 1.92 bits per heavy atom. The van der Waals surface area contributed by atoms with Crippen LogP contribution in [0.5, 0.6) is 0 Å². The van der Waals surface area contributed by atoms with E-state index in [1.165, 1.54) is 19.0 Å². The molecular weight excluding hydrogens is 357 g/mol. The molecule has 0 aliphatic carbocycles. The van der Waals surface area contributed by atoms with Crippen LogP contribution in [0, 0.1) is 11.3 Å². The van der Waals surface area contributed by atoms with Crippen LogP contribution in [-0.2, 0) is 6.54 Å². The highest BCUT2D eigenvalue weighted by molar-refractivity contribution is 6.42. The Labute approximate surface area is 157 Å². The van der Waals surface area contributed by atoms with Crippen LogP contribution in [0.1, 0.15) is 24.1 Å². The van der Waals surface area contributed by atoms with Crippen molar-refractivity contribution in [1.82, 2.24) is 14.9 Å². The normalized spacial score (nSPS) is 14.4. The van der Waals surface area contributed by atoms with Crippen LogP contribution in [-0.4, -0.2) is 41.0 Å². The number of aromatic nitrogens is 2. The molecule has 0 N–H and O–H groups in total. The van der Waals surface area contributed by atoms with E-state index in [1.54, 1.807) is 6.20 Å². The molecule has 0 amide bonds. The maximum absolute atomic E-state index is 8.91. The maximum Gasteiger partial charge on any atom is 0.158 e. The van der Waals surface area contributed by atoms with E-state index < -0.39 is 0 Å². The van der Waals surface area contributed by atoms with E-state index in [-0.39, 0.29) is 0 Å². The monoisotopic (exact) mass is 375 g/mol. The lowest BCUT2D eigenvalue weighted by Crippen LogP contribution is -2.34. The third-order valence-corrected chi connectivity index (χ3v) is 5.06. The van der Waals surface area contributed by atoms with Gasteiger partial charge < -0.3 is 9.80 Å². The van der Waals surface area contributed by atoms with Crippen molar-refractivity contribution in [3.05, 3.63) is 51.9 Å². The summed E-state index contributed by atoms with van der Waals surface area (Å²) in [5, 5.41) is 10.0. The van der Waals surface area contributed by atoms with Crippen LogP contribution in [0.25, 0.3) is 0 Å². The number of nitriles is 1. The van der Waals surface area contributed by atoms with Gasteiger partial charge in [-0.3, -0.25) is 0 Å². The SMILES string of the molecule is N#Cc1cnc(N(CCN2CCCC2)Cc2ccc(Cl)c(Cl)c2)cn1. The zero-order valence-electron chi connectivity index (χ0n) is 13.8. The predicted molar refractivity (Wildman–Crippen MR) is 99.9 cm³/mol. The third-order valence-electron chi connectivity index (χ3n) is 4.32. The van der Waals surface area contributed by atoms with E-state index in [9.17, 15) is 0 Å². The molecule has 1 aliphatic heterocycles. The Hall–Kier alpha value is -1.87. The van der Waals surface area contributed by atoms with Gasteiger partial charge in [0.1, 0.15) is 11.9 Å². The highest BCUT2D eigenvalue weighted by Crippen LogP contribution is 2.24. The van der Waals surface area contributed by atoms with Crippen LogP contribution < -0.4 is 4.90 Å². The van der Waals surface area contributed by atoms with Crippen LogP contribution in [0.15, 0.2) is 30.6 Å². The topological polar surface area (TPSA) is 56.1 Å². The Morgan fingerprint density at radius 3 is 2.56 bits per heavy atom. The van der Waals surface area contributed by atoms with Crippen molar-refractivity contribution in [1.29, 1.82) is 5.26 Å². The second-order valence-electron chi connectivity index (χ2n) is 6.09. The van der Waals surface area contributed by atoms with E-state index in [2.05, 4.69) is 19.8 Å². The van der Waals surface area contributed by atoms with Gasteiger partial charge in [-0.25, -0.2) is 9.97 Å². The summed E-state index contributed by atoms with van der Waals surface area (Å²) in [7, 11) is 0. The summed E-state index contributed by atoms with van der Waals surface area (Å²) in [5.74, 6) is 0.754. The third kappa shape index (κ3) is 4.82. The number of nitrogens with zero attached hydrogens (tertiary/aromatic N) is 5.